The molecule has 3 amide bonds. The summed E-state index contributed by atoms with van der Waals surface area (Å²) in [5.74, 6) is -0.650. The molecule has 0 spiro atoms. The van der Waals surface area contributed by atoms with Crippen LogP contribution in [0.2, 0.25) is 0 Å². The van der Waals surface area contributed by atoms with E-state index in [9.17, 15) is 14.4 Å². The smallest absolute Gasteiger partial charge is 0.262 e. The summed E-state index contributed by atoms with van der Waals surface area (Å²) in [6, 6.07) is 8.77. The predicted molar refractivity (Wildman–Crippen MR) is 133 cm³/mol. The minimum Gasteiger partial charge on any atom is -0.352 e. The Kier molecular flexibility index (Phi) is 7.66. The number of amidine groups is 1. The number of nitrogens with one attached hydrogen (secondary N) is 2. The van der Waals surface area contributed by atoms with E-state index in [1.54, 1.807) is 24.3 Å². The van der Waals surface area contributed by atoms with Crippen LogP contribution in [0.5, 0.6) is 0 Å². The van der Waals surface area contributed by atoms with Crippen molar-refractivity contribution in [1.29, 1.82) is 0 Å². The molecule has 1 fully saturated rings. The van der Waals surface area contributed by atoms with Crippen LogP contribution in [0.15, 0.2) is 35.3 Å². The van der Waals surface area contributed by atoms with Crippen molar-refractivity contribution >= 4 is 40.3 Å². The first-order valence-electron chi connectivity index (χ1n) is 11.6. The Balaban J connectivity index is 1.19. The van der Waals surface area contributed by atoms with E-state index in [2.05, 4.69) is 25.6 Å². The maximum atomic E-state index is 12.4. The van der Waals surface area contributed by atoms with Gasteiger partial charge in [0.25, 0.3) is 11.8 Å². The second-order valence-electron chi connectivity index (χ2n) is 8.62. The van der Waals surface area contributed by atoms with Crippen molar-refractivity contribution in [1.82, 2.24) is 20.0 Å². The molecular weight excluding hydrogens is 452 g/mol. The van der Waals surface area contributed by atoms with E-state index in [1.165, 1.54) is 11.8 Å². The Morgan fingerprint density at radius 3 is 2.56 bits per heavy atom. The molecular formula is C24H30N6O3S. The number of nitrogens with zero attached hydrogens (tertiary/aromatic N) is 4. The minimum atomic E-state index is -0.477. The van der Waals surface area contributed by atoms with Gasteiger partial charge in [-0.05, 0) is 63.4 Å². The van der Waals surface area contributed by atoms with Crippen molar-refractivity contribution in [3.63, 3.8) is 0 Å². The summed E-state index contributed by atoms with van der Waals surface area (Å²) in [7, 11) is 0. The first kappa shape index (κ1) is 24.0. The summed E-state index contributed by atoms with van der Waals surface area (Å²) in [6.07, 6.45) is 3.07. The van der Waals surface area contributed by atoms with Gasteiger partial charge in [0.2, 0.25) is 5.91 Å². The van der Waals surface area contributed by atoms with Gasteiger partial charge < -0.3 is 15.5 Å². The van der Waals surface area contributed by atoms with Crippen molar-refractivity contribution < 1.29 is 14.4 Å². The summed E-state index contributed by atoms with van der Waals surface area (Å²) >= 11 is 1.38. The SMILES string of the molecule is Cc1cc(C)n(CCCNC(=O)c2ccc(NC(=O)C[C@H]3SC(N4CCCC4)=NC3=O)cc2)n1. The molecule has 2 aliphatic heterocycles. The summed E-state index contributed by atoms with van der Waals surface area (Å²) in [5, 5.41) is 10.4. The Morgan fingerprint density at radius 2 is 1.88 bits per heavy atom. The molecule has 180 valence electrons. The number of aliphatic imine (C=N–C) groups is 1. The van der Waals surface area contributed by atoms with E-state index in [-0.39, 0.29) is 24.1 Å². The van der Waals surface area contributed by atoms with Gasteiger partial charge in [-0.25, -0.2) is 0 Å². The Morgan fingerprint density at radius 1 is 1.15 bits per heavy atom. The van der Waals surface area contributed by atoms with E-state index in [0.717, 1.165) is 55.5 Å². The quantitative estimate of drug-likeness (QED) is 0.560. The molecule has 1 aromatic heterocycles. The molecule has 2 aromatic rings. The Labute approximate surface area is 203 Å². The van der Waals surface area contributed by atoms with Crippen LogP contribution in [-0.2, 0) is 16.1 Å². The molecule has 0 saturated carbocycles. The van der Waals surface area contributed by atoms with E-state index in [0.29, 0.717) is 17.8 Å². The van der Waals surface area contributed by atoms with Crippen molar-refractivity contribution in [2.45, 2.75) is 51.3 Å². The average molecular weight is 483 g/mol. The Bertz CT molecular complexity index is 1090. The number of aryl methyl sites for hydroxylation is 3. The fourth-order valence-corrected chi connectivity index (χ4v) is 5.19. The zero-order valence-electron chi connectivity index (χ0n) is 19.5. The van der Waals surface area contributed by atoms with Gasteiger partial charge in [0.15, 0.2) is 5.17 Å². The van der Waals surface area contributed by atoms with Crippen LogP contribution in [0.25, 0.3) is 0 Å². The number of thioether (sulfide) groups is 1. The lowest BCUT2D eigenvalue weighted by Gasteiger charge is -2.16. The largest absolute Gasteiger partial charge is 0.352 e. The second kappa shape index (κ2) is 10.9. The fraction of sp³-hybridized carbons (Fsp3) is 0.458. The lowest BCUT2D eigenvalue weighted by atomic mass is 10.2. The number of carbonyl (C=O) groups excluding carboxylic acids is 3. The highest BCUT2D eigenvalue weighted by atomic mass is 32.2. The molecule has 3 heterocycles. The predicted octanol–water partition coefficient (Wildman–Crippen LogP) is 2.74. The number of hydrogen-bond donors (Lipinski definition) is 2. The monoisotopic (exact) mass is 482 g/mol. The van der Waals surface area contributed by atoms with Crippen molar-refractivity contribution in [2.75, 3.05) is 25.0 Å². The highest BCUT2D eigenvalue weighted by molar-refractivity contribution is 8.15. The van der Waals surface area contributed by atoms with Gasteiger partial charge in [0.1, 0.15) is 5.25 Å². The second-order valence-corrected chi connectivity index (χ2v) is 9.79. The maximum Gasteiger partial charge on any atom is 0.262 e. The van der Waals surface area contributed by atoms with E-state index in [4.69, 9.17) is 0 Å². The third-order valence-electron chi connectivity index (χ3n) is 5.84. The van der Waals surface area contributed by atoms with Crippen LogP contribution in [0.4, 0.5) is 5.69 Å². The zero-order valence-corrected chi connectivity index (χ0v) is 20.4. The summed E-state index contributed by atoms with van der Waals surface area (Å²) in [6.45, 7) is 7.11. The molecule has 1 atom stereocenters. The van der Waals surface area contributed by atoms with Gasteiger partial charge in [0.05, 0.1) is 5.69 Å². The van der Waals surface area contributed by atoms with E-state index >= 15 is 0 Å². The summed E-state index contributed by atoms with van der Waals surface area (Å²) in [4.78, 5) is 43.3. The first-order valence-corrected chi connectivity index (χ1v) is 12.5. The van der Waals surface area contributed by atoms with Crippen LogP contribution >= 0.6 is 11.8 Å². The van der Waals surface area contributed by atoms with E-state index < -0.39 is 5.25 Å². The zero-order chi connectivity index (χ0) is 24.1. The molecule has 2 N–H and O–H groups in total. The normalized spacial score (nSPS) is 17.7. The number of carbonyl (C=O) groups is 3. The van der Waals surface area contributed by atoms with Gasteiger partial charge in [0, 0.05) is 49.5 Å². The third-order valence-corrected chi connectivity index (χ3v) is 7.06. The van der Waals surface area contributed by atoms with Gasteiger partial charge in [-0.3, -0.25) is 19.1 Å². The van der Waals surface area contributed by atoms with Crippen LogP contribution < -0.4 is 10.6 Å². The molecule has 0 unspecified atom stereocenters. The molecule has 4 rings (SSSR count). The van der Waals surface area contributed by atoms with Gasteiger partial charge in [-0.1, -0.05) is 11.8 Å². The van der Waals surface area contributed by atoms with Gasteiger partial charge >= 0.3 is 0 Å². The standard InChI is InChI=1S/C24H30N6O3S/c1-16-14-17(2)30(28-16)13-5-10-25-22(32)18-6-8-19(9-7-18)26-21(31)15-20-23(33)27-24(34-20)29-11-3-4-12-29/h6-9,14,20H,3-5,10-13,15H2,1-2H3,(H,25,32)(H,26,31)/t20-/m1/s1. The van der Waals surface area contributed by atoms with Crippen LogP contribution in [0, 0.1) is 13.8 Å². The van der Waals surface area contributed by atoms with Crippen molar-refractivity contribution in [3.05, 3.63) is 47.3 Å². The van der Waals surface area contributed by atoms with E-state index in [1.807, 2.05) is 24.6 Å². The maximum absolute atomic E-state index is 12.4. The summed E-state index contributed by atoms with van der Waals surface area (Å²) < 4.78 is 1.94. The molecule has 2 aliphatic rings. The molecule has 34 heavy (non-hydrogen) atoms. The fourth-order valence-electron chi connectivity index (χ4n) is 4.07. The highest BCUT2D eigenvalue weighted by Gasteiger charge is 2.33. The number of anilines is 1. The topological polar surface area (TPSA) is 109 Å². The van der Waals surface area contributed by atoms with Crippen molar-refractivity contribution in [3.8, 4) is 0 Å². The molecule has 9 nitrogen and oxygen atoms in total. The lowest BCUT2D eigenvalue weighted by molar-refractivity contribution is -0.121. The van der Waals surface area contributed by atoms with Crippen LogP contribution in [0.1, 0.15) is 47.4 Å². The average Bonchev–Trinajstić information content (AvgIpc) is 3.53. The minimum absolute atomic E-state index is 0.0713. The number of aromatic nitrogens is 2. The number of hydrogen-bond acceptors (Lipinski definition) is 6. The third kappa shape index (κ3) is 6.05. The van der Waals surface area contributed by atoms with Gasteiger partial charge in [-0.15, -0.1) is 0 Å². The number of rotatable bonds is 8. The van der Waals surface area contributed by atoms with Crippen molar-refractivity contribution in [2.24, 2.45) is 4.99 Å². The first-order chi connectivity index (χ1) is 16.4. The molecule has 0 bridgehead atoms. The highest BCUT2D eigenvalue weighted by Crippen LogP contribution is 2.29. The molecule has 1 saturated heterocycles. The molecule has 1 aromatic carbocycles. The number of benzene rings is 1. The van der Waals surface area contributed by atoms with Crippen LogP contribution in [-0.4, -0.2) is 62.5 Å². The molecule has 0 radical (unpaired) electrons. The molecule has 10 heteroatoms. The lowest BCUT2D eigenvalue weighted by Crippen LogP contribution is -2.25. The Hall–Kier alpha value is -3.14. The number of amides is 3. The molecule has 0 aliphatic carbocycles. The van der Waals surface area contributed by atoms with Gasteiger partial charge in [-0.2, -0.15) is 10.1 Å². The number of likely N-dealkylation sites (tertiary alicyclic amines) is 1. The van der Waals surface area contributed by atoms with Crippen LogP contribution in [0.3, 0.4) is 0 Å². The summed E-state index contributed by atoms with van der Waals surface area (Å²) in [5.41, 5.74) is 3.20.